The molecule has 2 saturated carbocycles. The molecule has 38 heavy (non-hydrogen) atoms. The lowest BCUT2D eigenvalue weighted by Crippen LogP contribution is -2.17. The van der Waals surface area contributed by atoms with Gasteiger partial charge in [-0.05, 0) is 72.5 Å². The Hall–Kier alpha value is -2.28. The van der Waals surface area contributed by atoms with Gasteiger partial charge in [0, 0.05) is 45.2 Å². The number of alkyl halides is 2. The van der Waals surface area contributed by atoms with Crippen LogP contribution in [0.15, 0.2) is 60.7 Å². The van der Waals surface area contributed by atoms with Crippen LogP contribution in [0, 0.1) is 11.8 Å². The van der Waals surface area contributed by atoms with Gasteiger partial charge < -0.3 is 10.6 Å². The van der Waals surface area contributed by atoms with Crippen LogP contribution in [0.2, 0.25) is 15.1 Å². The molecule has 2 amide bonds. The third kappa shape index (κ3) is 5.98. The predicted octanol–water partition coefficient (Wildman–Crippen LogP) is 7.95. The van der Waals surface area contributed by atoms with E-state index >= 15 is 0 Å². The summed E-state index contributed by atoms with van der Waals surface area (Å²) in [6, 6.07) is 16.7. The average Bonchev–Trinajstić information content (AvgIpc) is 3.76. The molecular formula is C28H21Cl5N2O3. The highest BCUT2D eigenvalue weighted by Crippen LogP contribution is 2.65. The van der Waals surface area contributed by atoms with E-state index in [-0.39, 0.29) is 34.6 Å². The fourth-order valence-corrected chi connectivity index (χ4v) is 6.03. The number of amides is 2. The van der Waals surface area contributed by atoms with Crippen molar-refractivity contribution in [2.45, 2.75) is 29.5 Å². The van der Waals surface area contributed by atoms with Crippen LogP contribution in [0.5, 0.6) is 0 Å². The van der Waals surface area contributed by atoms with Crippen molar-refractivity contribution in [3.8, 4) is 0 Å². The summed E-state index contributed by atoms with van der Waals surface area (Å²) in [5.41, 5.74) is 2.78. The minimum Gasteiger partial charge on any atom is -0.326 e. The first kappa shape index (κ1) is 27.3. The van der Waals surface area contributed by atoms with E-state index in [1.54, 1.807) is 54.6 Å². The highest BCUT2D eigenvalue weighted by atomic mass is 35.5. The molecule has 2 N–H and O–H groups in total. The lowest BCUT2D eigenvalue weighted by atomic mass is 10.0. The van der Waals surface area contributed by atoms with E-state index in [1.807, 2.05) is 0 Å². The molecule has 0 spiro atoms. The molecule has 0 radical (unpaired) electrons. The Morgan fingerprint density at radius 3 is 2.03 bits per heavy atom. The Morgan fingerprint density at radius 2 is 1.39 bits per heavy atom. The van der Waals surface area contributed by atoms with Crippen LogP contribution in [0.25, 0.3) is 0 Å². The van der Waals surface area contributed by atoms with Gasteiger partial charge in [-0.15, -0.1) is 23.2 Å². The monoisotopic (exact) mass is 608 g/mol. The average molecular weight is 611 g/mol. The second-order valence-electron chi connectivity index (χ2n) is 9.58. The molecule has 0 aromatic heterocycles. The number of ketones is 1. The Balaban J connectivity index is 1.25. The highest BCUT2D eigenvalue weighted by Gasteiger charge is 2.67. The van der Waals surface area contributed by atoms with Gasteiger partial charge in [-0.25, -0.2) is 0 Å². The zero-order valence-electron chi connectivity index (χ0n) is 19.7. The fraction of sp³-hybridized carbons (Fsp3) is 0.250. The fourth-order valence-electron chi connectivity index (χ4n) is 4.44. The zero-order valence-corrected chi connectivity index (χ0v) is 23.5. The smallest absolute Gasteiger partial charge is 0.231 e. The van der Waals surface area contributed by atoms with Crippen molar-refractivity contribution >= 4 is 87.0 Å². The number of hydrogen-bond acceptors (Lipinski definition) is 3. The quantitative estimate of drug-likeness (QED) is 0.201. The number of nitrogens with one attached hydrogen (secondary N) is 2. The largest absolute Gasteiger partial charge is 0.326 e. The molecule has 3 aromatic carbocycles. The zero-order chi connectivity index (χ0) is 27.2. The van der Waals surface area contributed by atoms with Crippen molar-refractivity contribution < 1.29 is 14.4 Å². The number of carbonyl (C=O) groups is 3. The summed E-state index contributed by atoms with van der Waals surface area (Å²) in [6.45, 7) is 0. The van der Waals surface area contributed by atoms with Crippen LogP contribution < -0.4 is 10.6 Å². The van der Waals surface area contributed by atoms with Crippen LogP contribution >= 0.6 is 58.0 Å². The molecule has 5 nitrogen and oxygen atoms in total. The van der Waals surface area contributed by atoms with E-state index in [2.05, 4.69) is 10.6 Å². The molecule has 196 valence electrons. The van der Waals surface area contributed by atoms with Crippen molar-refractivity contribution in [1.82, 2.24) is 0 Å². The van der Waals surface area contributed by atoms with Gasteiger partial charge in [0.15, 0.2) is 5.78 Å². The second-order valence-corrected chi connectivity index (χ2v) is 12.3. The number of Topliss-reactive ketones (excluding diaryl/α,β-unsaturated/α-hetero) is 1. The third-order valence-corrected chi connectivity index (χ3v) is 8.36. The topological polar surface area (TPSA) is 75.3 Å². The van der Waals surface area contributed by atoms with Gasteiger partial charge in [0.1, 0.15) is 4.33 Å². The predicted molar refractivity (Wildman–Crippen MR) is 153 cm³/mol. The van der Waals surface area contributed by atoms with Gasteiger partial charge in [-0.1, -0.05) is 46.9 Å². The molecule has 2 atom stereocenters. The molecule has 2 aliphatic carbocycles. The van der Waals surface area contributed by atoms with Gasteiger partial charge >= 0.3 is 0 Å². The molecule has 0 bridgehead atoms. The van der Waals surface area contributed by atoms with Crippen LogP contribution in [0.3, 0.4) is 0 Å². The highest BCUT2D eigenvalue weighted by molar-refractivity contribution is 6.53. The number of benzene rings is 3. The molecule has 5 rings (SSSR count). The molecule has 0 aliphatic heterocycles. The molecular weight excluding hydrogens is 590 g/mol. The first-order valence-electron chi connectivity index (χ1n) is 11.9. The summed E-state index contributed by atoms with van der Waals surface area (Å²) in [4.78, 5) is 38.0. The maximum Gasteiger partial charge on any atom is 0.231 e. The number of anilines is 2. The second kappa shape index (κ2) is 10.7. The van der Waals surface area contributed by atoms with Gasteiger partial charge in [0.05, 0.1) is 10.9 Å². The first-order chi connectivity index (χ1) is 18.0. The number of carbonyl (C=O) groups excluding carboxylic acids is 3. The van der Waals surface area contributed by atoms with E-state index < -0.39 is 22.1 Å². The van der Waals surface area contributed by atoms with E-state index in [1.165, 1.54) is 6.07 Å². The standard InChI is InChI=1S/C28H21Cl5N2O3/c29-17-10-16(11-18(30)12-17)24-25(28(24,32)33)27(38)35-20-7-8-22(31)21(13-20)23(36)9-14-1-5-19(6-2-14)34-26(37)15-3-4-15/h1-2,5-8,10-13,15,24-25H,3-4,9H2,(H,34,37)(H,35,38). The summed E-state index contributed by atoms with van der Waals surface area (Å²) in [5.74, 6) is -1.73. The van der Waals surface area contributed by atoms with Crippen molar-refractivity contribution in [2.24, 2.45) is 11.8 Å². The number of hydrogen-bond donors (Lipinski definition) is 2. The normalized spacial score (nSPS) is 19.5. The van der Waals surface area contributed by atoms with Crippen molar-refractivity contribution in [1.29, 1.82) is 0 Å². The van der Waals surface area contributed by atoms with Crippen LogP contribution in [0.1, 0.15) is 40.2 Å². The molecule has 0 saturated heterocycles. The van der Waals surface area contributed by atoms with Crippen molar-refractivity contribution in [2.75, 3.05) is 10.6 Å². The summed E-state index contributed by atoms with van der Waals surface area (Å²) >= 11 is 31.4. The molecule has 2 aliphatic rings. The lowest BCUT2D eigenvalue weighted by Gasteiger charge is -2.10. The van der Waals surface area contributed by atoms with E-state index in [4.69, 9.17) is 58.0 Å². The van der Waals surface area contributed by atoms with Crippen LogP contribution in [0.4, 0.5) is 11.4 Å². The molecule has 10 heteroatoms. The van der Waals surface area contributed by atoms with Crippen LogP contribution in [-0.4, -0.2) is 21.9 Å². The molecule has 2 unspecified atom stereocenters. The van der Waals surface area contributed by atoms with Gasteiger partial charge in [-0.2, -0.15) is 0 Å². The Kier molecular flexibility index (Phi) is 7.69. The summed E-state index contributed by atoms with van der Waals surface area (Å²) < 4.78 is -1.33. The van der Waals surface area contributed by atoms with Gasteiger partial charge in [0.2, 0.25) is 11.8 Å². The first-order valence-corrected chi connectivity index (χ1v) is 13.8. The van der Waals surface area contributed by atoms with Gasteiger partial charge in [0.25, 0.3) is 0 Å². The number of halogens is 5. The summed E-state index contributed by atoms with van der Waals surface area (Å²) in [5, 5.41) is 6.76. The summed E-state index contributed by atoms with van der Waals surface area (Å²) in [7, 11) is 0. The maximum absolute atomic E-state index is 13.1. The Bertz CT molecular complexity index is 1420. The summed E-state index contributed by atoms with van der Waals surface area (Å²) in [6.07, 6.45) is 1.95. The third-order valence-electron chi connectivity index (χ3n) is 6.65. The molecule has 3 aromatic rings. The van der Waals surface area contributed by atoms with Gasteiger partial charge in [-0.3, -0.25) is 14.4 Å². The Morgan fingerprint density at radius 1 is 0.789 bits per heavy atom. The minimum absolute atomic E-state index is 0.0222. The lowest BCUT2D eigenvalue weighted by molar-refractivity contribution is -0.118. The van der Waals surface area contributed by atoms with Crippen LogP contribution in [-0.2, 0) is 16.0 Å². The van der Waals surface area contributed by atoms with Crippen molar-refractivity contribution in [3.63, 3.8) is 0 Å². The van der Waals surface area contributed by atoms with E-state index in [0.717, 1.165) is 18.4 Å². The minimum atomic E-state index is -1.33. The van der Waals surface area contributed by atoms with E-state index in [9.17, 15) is 14.4 Å². The SMILES string of the molecule is O=C(Cc1ccc(NC(=O)C2CC2)cc1)c1cc(NC(=O)C2C(c3cc(Cl)cc(Cl)c3)C2(Cl)Cl)ccc1Cl. The maximum atomic E-state index is 13.1. The molecule has 0 heterocycles. The van der Waals surface area contributed by atoms with Crippen molar-refractivity contribution in [3.05, 3.63) is 92.4 Å². The van der Waals surface area contributed by atoms with E-state index in [0.29, 0.717) is 27.0 Å². The Labute approximate surface area is 244 Å². The number of rotatable bonds is 8. The molecule has 2 fully saturated rings.